The van der Waals surface area contributed by atoms with E-state index in [1.807, 2.05) is 5.40 Å². The van der Waals surface area contributed by atoms with Crippen LogP contribution in [0.15, 0.2) is 32.2 Å². The number of aromatic nitrogens is 2. The molecule has 0 saturated heterocycles. The predicted octanol–water partition coefficient (Wildman–Crippen LogP) is 4.37. The summed E-state index contributed by atoms with van der Waals surface area (Å²) in [5.74, 6) is -0.931. The molecule has 3 rings (SSSR count). The zero-order valence-corrected chi connectivity index (χ0v) is 16.2. The van der Waals surface area contributed by atoms with Crippen molar-refractivity contribution in [2.45, 2.75) is 18.3 Å². The smallest absolute Gasteiger partial charge is 0.431 e. The second-order valence-corrected chi connectivity index (χ2v) is 7.51. The molecule has 0 aliphatic rings. The van der Waals surface area contributed by atoms with Crippen molar-refractivity contribution in [1.82, 2.24) is 9.13 Å². The van der Waals surface area contributed by atoms with Crippen LogP contribution in [-0.2, 0) is 13.2 Å². The number of fused-ring (bicyclic) bond motifs is 1. The number of halogens is 5. The molecule has 0 N–H and O–H groups in total. The second kappa shape index (κ2) is 7.27. The average Bonchev–Trinajstić information content (AvgIpc) is 3.06. The maximum atomic E-state index is 14.7. The minimum atomic E-state index is -4.96. The van der Waals surface area contributed by atoms with Crippen LogP contribution in [-0.4, -0.2) is 9.13 Å². The van der Waals surface area contributed by atoms with Gasteiger partial charge in [0.1, 0.15) is 22.5 Å². The number of rotatable bonds is 3. The number of thioether (sulfide) groups is 1. The molecule has 2 heterocycles. The van der Waals surface area contributed by atoms with E-state index in [1.54, 1.807) is 6.92 Å². The summed E-state index contributed by atoms with van der Waals surface area (Å²) in [6, 6.07) is 2.43. The molecule has 0 saturated carbocycles. The Kier molecular flexibility index (Phi) is 5.27. The van der Waals surface area contributed by atoms with Gasteiger partial charge >= 0.3 is 11.9 Å². The highest BCUT2D eigenvalue weighted by Crippen LogP contribution is 2.38. The van der Waals surface area contributed by atoms with Crippen molar-refractivity contribution in [1.29, 1.82) is 5.26 Å². The van der Waals surface area contributed by atoms with Gasteiger partial charge in [-0.3, -0.25) is 9.36 Å². The molecule has 0 aliphatic carbocycles. The fourth-order valence-corrected chi connectivity index (χ4v) is 3.41. The molecule has 0 spiro atoms. The summed E-state index contributed by atoms with van der Waals surface area (Å²) in [6.45, 7) is 1.62. The molecule has 3 aromatic rings. The number of thiocyanates is 1. The lowest BCUT2D eigenvalue weighted by Crippen LogP contribution is -2.41. The number of hydrogen-bond acceptors (Lipinski definition) is 5. The van der Waals surface area contributed by atoms with Crippen molar-refractivity contribution in [3.8, 4) is 11.1 Å². The van der Waals surface area contributed by atoms with Crippen molar-refractivity contribution in [2.75, 3.05) is 0 Å². The first kappa shape index (κ1) is 21.0. The van der Waals surface area contributed by atoms with Gasteiger partial charge in [0.05, 0.1) is 10.3 Å². The minimum Gasteiger partial charge on any atom is -0.457 e. The van der Waals surface area contributed by atoms with Gasteiger partial charge in [0.25, 0.3) is 5.56 Å². The van der Waals surface area contributed by atoms with E-state index in [0.717, 1.165) is 24.9 Å². The van der Waals surface area contributed by atoms with Crippen LogP contribution in [0, 0.1) is 16.5 Å². The number of nitriles is 1. The highest BCUT2D eigenvalue weighted by molar-refractivity contribution is 8.03. The molecule has 0 amide bonds. The molecule has 0 aliphatic heterocycles. The van der Waals surface area contributed by atoms with E-state index in [1.165, 1.54) is 6.07 Å². The fraction of sp³-hybridized carbons (Fsp3) is 0.235. The van der Waals surface area contributed by atoms with Crippen LogP contribution >= 0.6 is 23.4 Å². The lowest BCUT2D eigenvalue weighted by atomic mass is 10.2. The molecule has 1 atom stereocenters. The Morgan fingerprint density at radius 1 is 1.28 bits per heavy atom. The number of hydrogen-bond donors (Lipinski definition) is 0. The molecule has 0 bridgehead atoms. The van der Waals surface area contributed by atoms with E-state index in [2.05, 4.69) is 0 Å². The lowest BCUT2D eigenvalue weighted by Gasteiger charge is -2.14. The largest absolute Gasteiger partial charge is 0.457 e. The Morgan fingerprint density at radius 2 is 1.93 bits per heavy atom. The van der Waals surface area contributed by atoms with Crippen LogP contribution in [0.4, 0.5) is 17.6 Å². The minimum absolute atomic E-state index is 0.0952. The van der Waals surface area contributed by atoms with Crippen molar-refractivity contribution in [3.05, 3.63) is 61.3 Å². The van der Waals surface area contributed by atoms with Crippen LogP contribution in [0.5, 0.6) is 0 Å². The van der Waals surface area contributed by atoms with Crippen LogP contribution in [0.3, 0.4) is 0 Å². The van der Waals surface area contributed by atoms with Gasteiger partial charge in [-0.25, -0.2) is 13.8 Å². The molecule has 1 aromatic carbocycles. The third-order valence-electron chi connectivity index (χ3n) is 4.17. The molecule has 0 fully saturated rings. The van der Waals surface area contributed by atoms with Crippen molar-refractivity contribution in [3.63, 3.8) is 0 Å². The number of alkyl halides is 3. The van der Waals surface area contributed by atoms with Gasteiger partial charge in [-0.15, -0.1) is 0 Å². The van der Waals surface area contributed by atoms with Gasteiger partial charge in [-0.2, -0.15) is 18.4 Å². The summed E-state index contributed by atoms with van der Waals surface area (Å²) >= 11 is 6.86. The van der Waals surface area contributed by atoms with E-state index in [-0.39, 0.29) is 37.0 Å². The highest BCUT2D eigenvalue weighted by atomic mass is 35.5. The Balaban J connectivity index is 2.40. The van der Waals surface area contributed by atoms with Gasteiger partial charge in [0.2, 0.25) is 0 Å². The molecule has 2 aromatic heterocycles. The van der Waals surface area contributed by atoms with Gasteiger partial charge in [0.15, 0.2) is 11.4 Å². The third kappa shape index (κ3) is 3.54. The summed E-state index contributed by atoms with van der Waals surface area (Å²) in [5.41, 5.74) is -5.24. The molecule has 29 heavy (non-hydrogen) atoms. The molecule has 0 radical (unpaired) electrons. The topological polar surface area (TPSA) is 80.9 Å². The number of benzene rings is 1. The Hall–Kier alpha value is -2.71. The first-order chi connectivity index (χ1) is 13.5. The van der Waals surface area contributed by atoms with Crippen LogP contribution < -0.4 is 11.2 Å². The number of nitrogens with zero attached hydrogens (tertiary/aromatic N) is 3. The van der Waals surface area contributed by atoms with Crippen molar-refractivity contribution < 1.29 is 22.0 Å². The van der Waals surface area contributed by atoms with Gasteiger partial charge in [-0.1, -0.05) is 11.6 Å². The zero-order valence-electron chi connectivity index (χ0n) is 14.7. The Morgan fingerprint density at radius 3 is 2.52 bits per heavy atom. The normalized spacial score (nSPS) is 12.9. The van der Waals surface area contributed by atoms with E-state index >= 15 is 0 Å². The van der Waals surface area contributed by atoms with Crippen molar-refractivity contribution in [2.24, 2.45) is 7.05 Å². The van der Waals surface area contributed by atoms with Gasteiger partial charge < -0.3 is 4.42 Å². The maximum absolute atomic E-state index is 14.7. The van der Waals surface area contributed by atoms with E-state index in [9.17, 15) is 27.2 Å². The lowest BCUT2D eigenvalue weighted by molar-refractivity contribution is -0.144. The summed E-state index contributed by atoms with van der Waals surface area (Å²) in [7, 11) is 0.811. The Labute approximate surface area is 168 Å². The summed E-state index contributed by atoms with van der Waals surface area (Å²) in [6.07, 6.45) is -4.96. The number of furan rings is 1. The third-order valence-corrected chi connectivity index (χ3v) is 5.17. The molecule has 6 nitrogen and oxygen atoms in total. The summed E-state index contributed by atoms with van der Waals surface area (Å²) in [5, 5.41) is 10.2. The summed E-state index contributed by atoms with van der Waals surface area (Å²) in [4.78, 5) is 24.9. The molecule has 152 valence electrons. The van der Waals surface area contributed by atoms with Crippen LogP contribution in [0.25, 0.3) is 16.7 Å². The Bertz CT molecular complexity index is 1290. The van der Waals surface area contributed by atoms with Crippen LogP contribution in [0.2, 0.25) is 5.02 Å². The van der Waals surface area contributed by atoms with E-state index in [4.69, 9.17) is 21.3 Å². The van der Waals surface area contributed by atoms with Crippen molar-refractivity contribution >= 4 is 34.3 Å². The first-order valence-electron chi connectivity index (χ1n) is 7.84. The zero-order chi connectivity index (χ0) is 21.7. The second-order valence-electron chi connectivity index (χ2n) is 5.97. The predicted molar refractivity (Wildman–Crippen MR) is 98.6 cm³/mol. The molecular formula is C17H10ClF4N3O3S. The standard InChI is InChI=1S/C17H10ClF4N3O3S/c1-7(29-6-23)11-3-8-9(18)4-10(19)14(15(8)28-11)25-13(26)5-12(17(20,21)22)24(2)16(25)27/h3-5,7H,1-2H3. The van der Waals surface area contributed by atoms with Gasteiger partial charge in [0, 0.05) is 18.5 Å². The molecule has 1 unspecified atom stereocenters. The van der Waals surface area contributed by atoms with E-state index < -0.39 is 39.9 Å². The summed E-state index contributed by atoms with van der Waals surface area (Å²) < 4.78 is 59.9. The molecule has 12 heteroatoms. The maximum Gasteiger partial charge on any atom is 0.431 e. The van der Waals surface area contributed by atoms with Gasteiger partial charge in [-0.05, 0) is 30.8 Å². The first-order valence-corrected chi connectivity index (χ1v) is 9.10. The average molecular weight is 448 g/mol. The van der Waals surface area contributed by atoms with Crippen LogP contribution in [0.1, 0.15) is 23.6 Å². The SMILES string of the molecule is CC(SC#N)c1cc2c(Cl)cc(F)c(-n3c(=O)cc(C(F)(F)F)n(C)c3=O)c2o1. The quantitative estimate of drug-likeness (QED) is 0.440. The van der Waals surface area contributed by atoms with E-state index in [0.29, 0.717) is 0 Å². The highest BCUT2D eigenvalue weighted by Gasteiger charge is 2.35. The monoisotopic (exact) mass is 447 g/mol. The molecular weight excluding hydrogens is 438 g/mol. The fourth-order valence-electron chi connectivity index (χ4n) is 2.78.